The van der Waals surface area contributed by atoms with Crippen molar-refractivity contribution in [1.29, 1.82) is 0 Å². The summed E-state index contributed by atoms with van der Waals surface area (Å²) in [6, 6.07) is 4.93. The van der Waals surface area contributed by atoms with Crippen LogP contribution in [0.2, 0.25) is 0 Å². The molecular weight excluding hydrogens is 286 g/mol. The Bertz CT molecular complexity index is 538. The lowest BCUT2D eigenvalue weighted by atomic mass is 9.80. The third kappa shape index (κ3) is 2.39. The van der Waals surface area contributed by atoms with Crippen LogP contribution in [0.5, 0.6) is 0 Å². The Morgan fingerprint density at radius 3 is 2.48 bits per heavy atom. The van der Waals surface area contributed by atoms with Crippen molar-refractivity contribution < 1.29 is 35.2 Å². The van der Waals surface area contributed by atoms with Crippen LogP contribution >= 0.6 is 0 Å². The maximum Gasteiger partial charge on any atom is 0.275 e. The highest BCUT2D eigenvalue weighted by molar-refractivity contribution is 5.45. The Hall–Kier alpha value is -1.62. The molecule has 9 nitrogen and oxygen atoms in total. The predicted octanol–water partition coefficient (Wildman–Crippen LogP) is -1.79. The molecule has 0 spiro atoms. The normalized spacial score (nSPS) is 36.4. The molecule has 21 heavy (non-hydrogen) atoms. The highest BCUT2D eigenvalue weighted by Crippen LogP contribution is 2.40. The summed E-state index contributed by atoms with van der Waals surface area (Å²) in [5, 5.41) is 60.3. The summed E-state index contributed by atoms with van der Waals surface area (Å²) in [5.74, 6) is 0. The molecule has 0 aromatic heterocycles. The minimum Gasteiger partial charge on any atom is -0.394 e. The monoisotopic (exact) mass is 301 g/mol. The highest BCUT2D eigenvalue weighted by Gasteiger charge is 2.57. The van der Waals surface area contributed by atoms with Crippen molar-refractivity contribution in [3.05, 3.63) is 39.9 Å². The molecular formula is C12H15NO8. The molecule has 9 heteroatoms. The van der Waals surface area contributed by atoms with Gasteiger partial charge in [0.25, 0.3) is 5.69 Å². The summed E-state index contributed by atoms with van der Waals surface area (Å²) in [5.41, 5.74) is -3.55. The van der Waals surface area contributed by atoms with E-state index in [1.807, 2.05) is 0 Å². The lowest BCUT2D eigenvalue weighted by Gasteiger charge is -2.45. The van der Waals surface area contributed by atoms with Crippen LogP contribution in [0.15, 0.2) is 24.3 Å². The van der Waals surface area contributed by atoms with Gasteiger partial charge < -0.3 is 30.3 Å². The van der Waals surface area contributed by atoms with E-state index < -0.39 is 53.0 Å². The maximum absolute atomic E-state index is 11.0. The van der Waals surface area contributed by atoms with E-state index >= 15 is 0 Å². The number of para-hydroxylation sites is 1. The molecule has 1 heterocycles. The second-order valence-corrected chi connectivity index (χ2v) is 4.74. The summed E-state index contributed by atoms with van der Waals surface area (Å²) in [6.07, 6.45) is -7.10. The minimum atomic E-state index is -2.60. The van der Waals surface area contributed by atoms with Gasteiger partial charge >= 0.3 is 0 Å². The van der Waals surface area contributed by atoms with Crippen LogP contribution in [0.3, 0.4) is 0 Å². The Labute approximate surface area is 118 Å². The molecule has 0 radical (unpaired) electrons. The van der Waals surface area contributed by atoms with E-state index in [2.05, 4.69) is 0 Å². The number of nitro groups is 1. The van der Waals surface area contributed by atoms with Crippen molar-refractivity contribution >= 4 is 5.69 Å². The summed E-state index contributed by atoms with van der Waals surface area (Å²) in [7, 11) is 0. The molecule has 1 fully saturated rings. The van der Waals surface area contributed by atoms with Crippen LogP contribution < -0.4 is 0 Å². The van der Waals surface area contributed by atoms with Crippen LogP contribution in [-0.4, -0.2) is 61.7 Å². The van der Waals surface area contributed by atoms with Crippen LogP contribution in [0.1, 0.15) is 5.56 Å². The third-order valence-electron chi connectivity index (χ3n) is 3.55. The molecule has 1 aromatic carbocycles. The number of hydrogen-bond acceptors (Lipinski definition) is 8. The van der Waals surface area contributed by atoms with Gasteiger partial charge in [0.2, 0.25) is 0 Å². The number of nitro benzene ring substituents is 1. The standard InChI is InChI=1S/C12H15NO8/c14-5-8-9(15)10(16)12(18,11(17)21-8)6-3-1-2-4-7(6)13(19)20/h1-4,8-11,14-18H,5H2/t8-,9+,10+,11-,12-/m1/s1. The fraction of sp³-hybridized carbons (Fsp3) is 0.500. The molecule has 0 aliphatic carbocycles. The molecule has 2 rings (SSSR count). The highest BCUT2D eigenvalue weighted by atomic mass is 16.6. The fourth-order valence-corrected chi connectivity index (χ4v) is 2.37. The molecule has 5 atom stereocenters. The second kappa shape index (κ2) is 5.64. The lowest BCUT2D eigenvalue weighted by molar-refractivity contribution is -0.391. The largest absolute Gasteiger partial charge is 0.394 e. The van der Waals surface area contributed by atoms with Crippen molar-refractivity contribution in [1.82, 2.24) is 0 Å². The van der Waals surface area contributed by atoms with Crippen LogP contribution in [0, 0.1) is 10.1 Å². The molecule has 116 valence electrons. The average molecular weight is 301 g/mol. The number of aliphatic hydroxyl groups is 5. The van der Waals surface area contributed by atoms with Gasteiger partial charge in [-0.2, -0.15) is 0 Å². The summed E-state index contributed by atoms with van der Waals surface area (Å²) < 4.78 is 4.85. The van der Waals surface area contributed by atoms with E-state index in [1.54, 1.807) is 0 Å². The third-order valence-corrected chi connectivity index (χ3v) is 3.55. The minimum absolute atomic E-state index is 0.398. The Morgan fingerprint density at radius 2 is 1.90 bits per heavy atom. The maximum atomic E-state index is 11.0. The SMILES string of the molecule is O=[N+]([O-])c1ccccc1[C@]1(O)[C@H](O)O[C@H](CO)[C@H](O)[C@@H]1O. The zero-order chi connectivity index (χ0) is 15.8. The zero-order valence-corrected chi connectivity index (χ0v) is 10.7. The van der Waals surface area contributed by atoms with E-state index in [1.165, 1.54) is 12.1 Å². The van der Waals surface area contributed by atoms with Gasteiger partial charge in [0.1, 0.15) is 18.3 Å². The molecule has 1 saturated heterocycles. The Balaban J connectivity index is 2.53. The molecule has 1 aliphatic heterocycles. The van der Waals surface area contributed by atoms with E-state index in [9.17, 15) is 30.5 Å². The number of benzene rings is 1. The first-order valence-electron chi connectivity index (χ1n) is 6.10. The van der Waals surface area contributed by atoms with E-state index in [0.29, 0.717) is 0 Å². The van der Waals surface area contributed by atoms with Gasteiger partial charge in [0.15, 0.2) is 11.9 Å². The quantitative estimate of drug-likeness (QED) is 0.324. The van der Waals surface area contributed by atoms with Crippen molar-refractivity contribution in [2.45, 2.75) is 30.2 Å². The van der Waals surface area contributed by atoms with Crippen molar-refractivity contribution in [2.75, 3.05) is 6.61 Å². The topological polar surface area (TPSA) is 154 Å². The van der Waals surface area contributed by atoms with Crippen LogP contribution in [0.25, 0.3) is 0 Å². The van der Waals surface area contributed by atoms with Gasteiger partial charge in [-0.1, -0.05) is 12.1 Å². The lowest BCUT2D eigenvalue weighted by Crippen LogP contribution is -2.64. The van der Waals surface area contributed by atoms with Crippen molar-refractivity contribution in [3.8, 4) is 0 Å². The first kappa shape index (κ1) is 15.8. The summed E-state index contributed by atoms with van der Waals surface area (Å²) >= 11 is 0. The number of ether oxygens (including phenoxy) is 1. The molecule has 0 unspecified atom stereocenters. The molecule has 0 saturated carbocycles. The van der Waals surface area contributed by atoms with Gasteiger partial charge in [0.05, 0.1) is 17.1 Å². The smallest absolute Gasteiger partial charge is 0.275 e. The van der Waals surface area contributed by atoms with Gasteiger partial charge in [0, 0.05) is 6.07 Å². The first-order chi connectivity index (χ1) is 9.83. The van der Waals surface area contributed by atoms with E-state index in [0.717, 1.165) is 12.1 Å². The van der Waals surface area contributed by atoms with Crippen LogP contribution in [0.4, 0.5) is 5.69 Å². The van der Waals surface area contributed by atoms with E-state index in [4.69, 9.17) is 9.84 Å². The molecule has 0 bridgehead atoms. The summed E-state index contributed by atoms with van der Waals surface area (Å²) in [6.45, 7) is -0.706. The van der Waals surface area contributed by atoms with E-state index in [-0.39, 0.29) is 0 Å². The predicted molar refractivity (Wildman–Crippen MR) is 67.0 cm³/mol. The fourth-order valence-electron chi connectivity index (χ4n) is 2.37. The number of nitrogens with zero attached hydrogens (tertiary/aromatic N) is 1. The van der Waals surface area contributed by atoms with Gasteiger partial charge in [-0.15, -0.1) is 0 Å². The van der Waals surface area contributed by atoms with Gasteiger partial charge in [-0.3, -0.25) is 10.1 Å². The number of aliphatic hydroxyl groups excluding tert-OH is 4. The van der Waals surface area contributed by atoms with Gasteiger partial charge in [-0.05, 0) is 6.07 Å². The molecule has 1 aromatic rings. The molecule has 5 N–H and O–H groups in total. The van der Waals surface area contributed by atoms with Gasteiger partial charge in [-0.25, -0.2) is 0 Å². The van der Waals surface area contributed by atoms with Crippen LogP contribution in [-0.2, 0) is 10.3 Å². The number of rotatable bonds is 3. The van der Waals surface area contributed by atoms with Crippen molar-refractivity contribution in [3.63, 3.8) is 0 Å². The average Bonchev–Trinajstić information content (AvgIpc) is 2.48. The Kier molecular flexibility index (Phi) is 4.23. The number of hydrogen-bond donors (Lipinski definition) is 5. The first-order valence-corrected chi connectivity index (χ1v) is 6.10. The summed E-state index contributed by atoms with van der Waals surface area (Å²) in [4.78, 5) is 10.2. The molecule has 0 amide bonds. The Morgan fingerprint density at radius 1 is 1.29 bits per heavy atom. The van der Waals surface area contributed by atoms with Crippen molar-refractivity contribution in [2.24, 2.45) is 0 Å². The zero-order valence-electron chi connectivity index (χ0n) is 10.7. The molecule has 1 aliphatic rings. The second-order valence-electron chi connectivity index (χ2n) is 4.74.